The molecule has 18 heavy (non-hydrogen) atoms. The number of nitrogens with two attached hydrogens (primary N) is 1. The van der Waals surface area contributed by atoms with Crippen LogP contribution in [0.3, 0.4) is 0 Å². The van der Waals surface area contributed by atoms with E-state index >= 15 is 0 Å². The standard InChI is InChI=1S/C12H13BrFN3S/c1-7-6-18-12(16-7)5-11(17-15)9-3-2-8(13)4-10(9)14/h2-4,6,11,17H,5,15H2,1H3. The third-order valence-corrected chi connectivity index (χ3v) is 4.07. The van der Waals surface area contributed by atoms with Crippen molar-refractivity contribution >= 4 is 27.3 Å². The first-order valence-corrected chi connectivity index (χ1v) is 7.09. The van der Waals surface area contributed by atoms with Gasteiger partial charge in [-0.3, -0.25) is 11.3 Å². The second kappa shape index (κ2) is 5.88. The molecule has 0 spiro atoms. The van der Waals surface area contributed by atoms with Crippen LogP contribution in [-0.4, -0.2) is 4.98 Å². The van der Waals surface area contributed by atoms with Gasteiger partial charge in [-0.25, -0.2) is 9.37 Å². The lowest BCUT2D eigenvalue weighted by Crippen LogP contribution is -2.30. The molecule has 0 radical (unpaired) electrons. The highest BCUT2D eigenvalue weighted by molar-refractivity contribution is 9.10. The van der Waals surface area contributed by atoms with Crippen LogP contribution in [0.2, 0.25) is 0 Å². The molecular formula is C12H13BrFN3S. The smallest absolute Gasteiger partial charge is 0.129 e. The first-order valence-electron chi connectivity index (χ1n) is 5.42. The van der Waals surface area contributed by atoms with Gasteiger partial charge >= 0.3 is 0 Å². The van der Waals surface area contributed by atoms with E-state index in [1.807, 2.05) is 12.3 Å². The minimum atomic E-state index is -0.277. The summed E-state index contributed by atoms with van der Waals surface area (Å²) >= 11 is 4.79. The predicted molar refractivity (Wildman–Crippen MR) is 74.7 cm³/mol. The molecule has 0 bridgehead atoms. The van der Waals surface area contributed by atoms with Crippen molar-refractivity contribution in [1.29, 1.82) is 0 Å². The average Bonchev–Trinajstić information content (AvgIpc) is 2.72. The van der Waals surface area contributed by atoms with E-state index in [9.17, 15) is 4.39 Å². The molecule has 0 aliphatic heterocycles. The lowest BCUT2D eigenvalue weighted by atomic mass is 10.0. The van der Waals surface area contributed by atoms with Crippen LogP contribution in [0.5, 0.6) is 0 Å². The number of aryl methyl sites for hydroxylation is 1. The normalized spacial score (nSPS) is 12.7. The highest BCUT2D eigenvalue weighted by Crippen LogP contribution is 2.24. The quantitative estimate of drug-likeness (QED) is 0.669. The maximum atomic E-state index is 13.9. The van der Waals surface area contributed by atoms with Gasteiger partial charge in [0, 0.05) is 27.5 Å². The third-order valence-electron chi connectivity index (χ3n) is 2.58. The molecule has 1 aromatic carbocycles. The number of aromatic nitrogens is 1. The second-order valence-electron chi connectivity index (χ2n) is 3.97. The SMILES string of the molecule is Cc1csc(CC(NN)c2ccc(Br)cc2F)n1. The van der Waals surface area contributed by atoms with E-state index in [1.54, 1.807) is 23.5 Å². The molecule has 96 valence electrons. The maximum absolute atomic E-state index is 13.9. The Labute approximate surface area is 117 Å². The zero-order chi connectivity index (χ0) is 13.1. The van der Waals surface area contributed by atoms with Gasteiger partial charge in [-0.05, 0) is 19.1 Å². The number of benzene rings is 1. The molecule has 0 aliphatic carbocycles. The number of rotatable bonds is 4. The number of hydrazine groups is 1. The van der Waals surface area contributed by atoms with E-state index in [0.717, 1.165) is 10.7 Å². The zero-order valence-electron chi connectivity index (χ0n) is 9.78. The topological polar surface area (TPSA) is 50.9 Å². The van der Waals surface area contributed by atoms with Crippen molar-refractivity contribution in [2.75, 3.05) is 0 Å². The fourth-order valence-corrected chi connectivity index (χ4v) is 2.87. The number of hydrogen-bond acceptors (Lipinski definition) is 4. The van der Waals surface area contributed by atoms with Crippen molar-refractivity contribution in [1.82, 2.24) is 10.4 Å². The van der Waals surface area contributed by atoms with Crippen LogP contribution in [-0.2, 0) is 6.42 Å². The highest BCUT2D eigenvalue weighted by Gasteiger charge is 2.16. The summed E-state index contributed by atoms with van der Waals surface area (Å²) in [6.45, 7) is 1.94. The van der Waals surface area contributed by atoms with E-state index in [0.29, 0.717) is 16.5 Å². The Kier molecular flexibility index (Phi) is 4.45. The molecule has 3 N–H and O–H groups in total. The first kappa shape index (κ1) is 13.6. The van der Waals surface area contributed by atoms with Crippen molar-refractivity contribution < 1.29 is 4.39 Å². The van der Waals surface area contributed by atoms with E-state index in [2.05, 4.69) is 26.3 Å². The van der Waals surface area contributed by atoms with Gasteiger partial charge in [0.25, 0.3) is 0 Å². The molecule has 1 atom stereocenters. The molecule has 1 aromatic heterocycles. The molecule has 3 nitrogen and oxygen atoms in total. The second-order valence-corrected chi connectivity index (χ2v) is 5.83. The van der Waals surface area contributed by atoms with Crippen molar-refractivity contribution in [3.05, 3.63) is 50.1 Å². The monoisotopic (exact) mass is 329 g/mol. The Hall–Kier alpha value is -0.820. The predicted octanol–water partition coefficient (Wildman–Crippen LogP) is 3.10. The Morgan fingerprint density at radius 2 is 2.33 bits per heavy atom. The minimum absolute atomic E-state index is 0.274. The summed E-state index contributed by atoms with van der Waals surface area (Å²) in [6.07, 6.45) is 0.577. The van der Waals surface area contributed by atoms with Gasteiger partial charge in [-0.1, -0.05) is 22.0 Å². The number of nitrogens with one attached hydrogen (secondary N) is 1. The molecule has 0 amide bonds. The molecular weight excluding hydrogens is 317 g/mol. The van der Waals surface area contributed by atoms with E-state index in [1.165, 1.54) is 6.07 Å². The summed E-state index contributed by atoms with van der Waals surface area (Å²) in [5.74, 6) is 5.24. The highest BCUT2D eigenvalue weighted by atomic mass is 79.9. The van der Waals surface area contributed by atoms with E-state index in [4.69, 9.17) is 5.84 Å². The molecule has 0 saturated heterocycles. The summed E-state index contributed by atoms with van der Waals surface area (Å²) in [5.41, 5.74) is 4.17. The Morgan fingerprint density at radius 1 is 1.56 bits per heavy atom. The van der Waals surface area contributed by atoms with Gasteiger partial charge in [0.1, 0.15) is 5.82 Å². The average molecular weight is 330 g/mol. The van der Waals surface area contributed by atoms with E-state index in [-0.39, 0.29) is 11.9 Å². The van der Waals surface area contributed by atoms with Crippen LogP contribution in [0.1, 0.15) is 22.3 Å². The Bertz CT molecular complexity index is 544. The van der Waals surface area contributed by atoms with Gasteiger partial charge in [-0.15, -0.1) is 11.3 Å². The Morgan fingerprint density at radius 3 is 2.89 bits per heavy atom. The van der Waals surface area contributed by atoms with Gasteiger partial charge in [0.15, 0.2) is 0 Å². The fourth-order valence-electron chi connectivity index (χ4n) is 1.71. The molecule has 0 aliphatic rings. The van der Waals surface area contributed by atoms with Crippen molar-refractivity contribution in [3.63, 3.8) is 0 Å². The van der Waals surface area contributed by atoms with Gasteiger partial charge in [0.05, 0.1) is 11.0 Å². The molecule has 0 fully saturated rings. The zero-order valence-corrected chi connectivity index (χ0v) is 12.2. The van der Waals surface area contributed by atoms with Crippen molar-refractivity contribution in [2.24, 2.45) is 5.84 Å². The summed E-state index contributed by atoms with van der Waals surface area (Å²) in [7, 11) is 0. The minimum Gasteiger partial charge on any atom is -0.271 e. The molecule has 2 rings (SSSR count). The number of halogens is 2. The van der Waals surface area contributed by atoms with Crippen LogP contribution < -0.4 is 11.3 Å². The summed E-state index contributed by atoms with van der Waals surface area (Å²) in [6, 6.07) is 4.69. The molecule has 6 heteroatoms. The van der Waals surface area contributed by atoms with E-state index < -0.39 is 0 Å². The van der Waals surface area contributed by atoms with Crippen LogP contribution in [0.25, 0.3) is 0 Å². The van der Waals surface area contributed by atoms with Crippen LogP contribution in [0, 0.1) is 12.7 Å². The molecule has 1 heterocycles. The van der Waals surface area contributed by atoms with Gasteiger partial charge in [-0.2, -0.15) is 0 Å². The van der Waals surface area contributed by atoms with Crippen LogP contribution in [0.15, 0.2) is 28.1 Å². The first-order chi connectivity index (χ1) is 8.60. The number of nitrogens with zero attached hydrogens (tertiary/aromatic N) is 1. The van der Waals surface area contributed by atoms with Gasteiger partial charge in [0.2, 0.25) is 0 Å². The maximum Gasteiger partial charge on any atom is 0.129 e. The van der Waals surface area contributed by atoms with Crippen LogP contribution >= 0.6 is 27.3 Å². The third kappa shape index (κ3) is 3.14. The fraction of sp³-hybridized carbons (Fsp3) is 0.250. The lowest BCUT2D eigenvalue weighted by Gasteiger charge is -2.15. The molecule has 2 aromatic rings. The summed E-state index contributed by atoms with van der Waals surface area (Å²) < 4.78 is 14.6. The van der Waals surface area contributed by atoms with Gasteiger partial charge < -0.3 is 0 Å². The number of hydrogen-bond donors (Lipinski definition) is 2. The van der Waals surface area contributed by atoms with Crippen molar-refractivity contribution in [3.8, 4) is 0 Å². The Balaban J connectivity index is 2.22. The number of thiazole rings is 1. The lowest BCUT2D eigenvalue weighted by molar-refractivity contribution is 0.509. The molecule has 0 saturated carbocycles. The summed E-state index contributed by atoms with van der Waals surface area (Å²) in [5, 5.41) is 2.92. The summed E-state index contributed by atoms with van der Waals surface area (Å²) in [4.78, 5) is 4.36. The largest absolute Gasteiger partial charge is 0.271 e. The molecule has 1 unspecified atom stereocenters. The van der Waals surface area contributed by atoms with Crippen molar-refractivity contribution in [2.45, 2.75) is 19.4 Å². The van der Waals surface area contributed by atoms with Crippen LogP contribution in [0.4, 0.5) is 4.39 Å².